The van der Waals surface area contributed by atoms with Crippen LogP contribution in [0.2, 0.25) is 0 Å². The number of nitrogens with one attached hydrogen (secondary N) is 2. The number of thiazole rings is 1. The molecule has 0 aliphatic heterocycles. The Bertz CT molecular complexity index is 404. The molecule has 3 N–H and O–H groups in total. The molecule has 0 aliphatic rings. The third-order valence-electron chi connectivity index (χ3n) is 2.80. The van der Waals surface area contributed by atoms with Gasteiger partial charge in [0, 0.05) is 19.7 Å². The van der Waals surface area contributed by atoms with Crippen LogP contribution in [0.1, 0.15) is 43.3 Å². The number of carbonyl (C=O) groups excluding carboxylic acids is 1. The first-order valence-corrected chi connectivity index (χ1v) is 7.39. The molecule has 0 aliphatic carbocycles. The van der Waals surface area contributed by atoms with Gasteiger partial charge in [-0.3, -0.25) is 4.79 Å². The molecule has 0 unspecified atom stereocenters. The second-order valence-corrected chi connectivity index (χ2v) is 6.27. The quantitative estimate of drug-likeness (QED) is 0.640. The molecule has 108 valence electrons. The number of aliphatic hydroxyl groups excluding tert-OH is 1. The second-order valence-electron chi connectivity index (χ2n) is 5.24. The molecule has 0 radical (unpaired) electrons. The minimum absolute atomic E-state index is 0.0760. The highest BCUT2D eigenvalue weighted by atomic mass is 32.1. The first-order valence-electron chi connectivity index (χ1n) is 6.57. The standard InChI is InChI=1S/C13H23N3O2S/c1-4-14-12-16-8-10(19-12)11(18)15-7-5-6-13(2,3)9-17/h8,17H,4-7,9H2,1-3H3,(H,14,16)(H,15,18). The molecular weight excluding hydrogens is 262 g/mol. The number of rotatable bonds is 8. The summed E-state index contributed by atoms with van der Waals surface area (Å²) in [6, 6.07) is 0. The SMILES string of the molecule is CCNc1ncc(C(=O)NCCCC(C)(C)CO)s1. The zero-order chi connectivity index (χ0) is 14.3. The van der Waals surface area contributed by atoms with Gasteiger partial charge in [-0.15, -0.1) is 0 Å². The molecule has 0 atom stereocenters. The molecular formula is C13H23N3O2S. The Morgan fingerprint density at radius 1 is 1.53 bits per heavy atom. The summed E-state index contributed by atoms with van der Waals surface area (Å²) in [7, 11) is 0. The zero-order valence-electron chi connectivity index (χ0n) is 11.8. The lowest BCUT2D eigenvalue weighted by Gasteiger charge is -2.21. The van der Waals surface area contributed by atoms with Gasteiger partial charge < -0.3 is 15.7 Å². The third-order valence-corrected chi connectivity index (χ3v) is 3.76. The highest BCUT2D eigenvalue weighted by Gasteiger charge is 2.16. The van der Waals surface area contributed by atoms with E-state index < -0.39 is 0 Å². The van der Waals surface area contributed by atoms with Crippen LogP contribution < -0.4 is 10.6 Å². The topological polar surface area (TPSA) is 74.2 Å². The van der Waals surface area contributed by atoms with Gasteiger partial charge in [-0.05, 0) is 25.2 Å². The summed E-state index contributed by atoms with van der Waals surface area (Å²) in [4.78, 5) is 16.6. The first-order chi connectivity index (χ1) is 8.98. The highest BCUT2D eigenvalue weighted by molar-refractivity contribution is 7.17. The van der Waals surface area contributed by atoms with Crippen molar-refractivity contribution in [1.82, 2.24) is 10.3 Å². The largest absolute Gasteiger partial charge is 0.396 e. The second kappa shape index (κ2) is 7.45. The van der Waals surface area contributed by atoms with Crippen LogP contribution in [0.15, 0.2) is 6.20 Å². The van der Waals surface area contributed by atoms with Crippen molar-refractivity contribution < 1.29 is 9.90 Å². The van der Waals surface area contributed by atoms with Crippen molar-refractivity contribution in [2.24, 2.45) is 5.41 Å². The molecule has 1 amide bonds. The van der Waals surface area contributed by atoms with Crippen LogP contribution in [0.5, 0.6) is 0 Å². The summed E-state index contributed by atoms with van der Waals surface area (Å²) in [5, 5.41) is 15.9. The van der Waals surface area contributed by atoms with Gasteiger partial charge in [-0.1, -0.05) is 25.2 Å². The van der Waals surface area contributed by atoms with Gasteiger partial charge in [0.2, 0.25) is 0 Å². The predicted molar refractivity (Wildman–Crippen MR) is 78.7 cm³/mol. The molecule has 5 nitrogen and oxygen atoms in total. The van der Waals surface area contributed by atoms with Crippen LogP contribution in [0.4, 0.5) is 5.13 Å². The van der Waals surface area contributed by atoms with E-state index in [2.05, 4.69) is 15.6 Å². The van der Waals surface area contributed by atoms with Gasteiger partial charge in [0.25, 0.3) is 5.91 Å². The average molecular weight is 285 g/mol. The van der Waals surface area contributed by atoms with E-state index in [0.29, 0.717) is 11.4 Å². The van der Waals surface area contributed by atoms with E-state index in [0.717, 1.165) is 24.5 Å². The maximum atomic E-state index is 11.8. The minimum Gasteiger partial charge on any atom is -0.396 e. The smallest absolute Gasteiger partial charge is 0.263 e. The minimum atomic E-state index is -0.0801. The summed E-state index contributed by atoms with van der Waals surface area (Å²) in [5.41, 5.74) is -0.0760. The van der Waals surface area contributed by atoms with Crippen LogP contribution in [0, 0.1) is 5.41 Å². The fourth-order valence-electron chi connectivity index (χ4n) is 1.55. The number of amides is 1. The lowest BCUT2D eigenvalue weighted by molar-refractivity contribution is 0.0952. The summed E-state index contributed by atoms with van der Waals surface area (Å²) < 4.78 is 0. The number of hydrogen-bond donors (Lipinski definition) is 3. The van der Waals surface area contributed by atoms with Gasteiger partial charge >= 0.3 is 0 Å². The lowest BCUT2D eigenvalue weighted by Crippen LogP contribution is -2.25. The molecule has 19 heavy (non-hydrogen) atoms. The molecule has 0 bridgehead atoms. The van der Waals surface area contributed by atoms with Crippen LogP contribution in [-0.4, -0.2) is 35.7 Å². The fraction of sp³-hybridized carbons (Fsp3) is 0.692. The normalized spacial score (nSPS) is 11.4. The Kier molecular flexibility index (Phi) is 6.24. The molecule has 1 aromatic rings. The summed E-state index contributed by atoms with van der Waals surface area (Å²) >= 11 is 1.36. The van der Waals surface area contributed by atoms with Crippen LogP contribution in [0.25, 0.3) is 0 Å². The molecule has 0 saturated heterocycles. The van der Waals surface area contributed by atoms with Crippen LogP contribution in [-0.2, 0) is 0 Å². The maximum Gasteiger partial charge on any atom is 0.263 e. The average Bonchev–Trinajstić information content (AvgIpc) is 2.83. The van der Waals surface area contributed by atoms with E-state index in [1.807, 2.05) is 20.8 Å². The van der Waals surface area contributed by atoms with Crippen LogP contribution in [0.3, 0.4) is 0 Å². The lowest BCUT2D eigenvalue weighted by atomic mass is 9.89. The predicted octanol–water partition coefficient (Wildman–Crippen LogP) is 2.10. The number of aromatic nitrogens is 1. The van der Waals surface area contributed by atoms with Gasteiger partial charge in [-0.25, -0.2) is 4.98 Å². The van der Waals surface area contributed by atoms with E-state index in [1.165, 1.54) is 11.3 Å². The van der Waals surface area contributed by atoms with Crippen molar-refractivity contribution in [2.75, 3.05) is 25.0 Å². The molecule has 1 aromatic heterocycles. The Hall–Kier alpha value is -1.14. The van der Waals surface area contributed by atoms with Gasteiger partial charge in [0.05, 0.1) is 6.20 Å². The summed E-state index contributed by atoms with van der Waals surface area (Å²) in [6.45, 7) is 7.61. The monoisotopic (exact) mass is 285 g/mol. The number of anilines is 1. The maximum absolute atomic E-state index is 11.8. The first kappa shape index (κ1) is 15.9. The van der Waals surface area contributed by atoms with E-state index >= 15 is 0 Å². The summed E-state index contributed by atoms with van der Waals surface area (Å²) in [6.07, 6.45) is 3.34. The summed E-state index contributed by atoms with van der Waals surface area (Å²) in [5.74, 6) is -0.0801. The molecule has 0 spiro atoms. The Labute approximate surface area is 118 Å². The van der Waals surface area contributed by atoms with Gasteiger partial charge in [0.15, 0.2) is 5.13 Å². The van der Waals surface area contributed by atoms with Crippen molar-refractivity contribution in [3.63, 3.8) is 0 Å². The number of carbonyl (C=O) groups is 1. The van der Waals surface area contributed by atoms with Crippen molar-refractivity contribution in [2.45, 2.75) is 33.6 Å². The highest BCUT2D eigenvalue weighted by Crippen LogP contribution is 2.21. The molecule has 1 heterocycles. The Morgan fingerprint density at radius 3 is 2.89 bits per heavy atom. The van der Waals surface area contributed by atoms with Crippen molar-refractivity contribution in [1.29, 1.82) is 0 Å². The van der Waals surface area contributed by atoms with Gasteiger partial charge in [0.1, 0.15) is 4.88 Å². The van der Waals surface area contributed by atoms with E-state index in [1.54, 1.807) is 6.20 Å². The molecule has 0 fully saturated rings. The number of aliphatic hydroxyl groups is 1. The molecule has 1 rings (SSSR count). The molecule has 6 heteroatoms. The van der Waals surface area contributed by atoms with Crippen molar-refractivity contribution >= 4 is 22.4 Å². The van der Waals surface area contributed by atoms with Gasteiger partial charge in [-0.2, -0.15) is 0 Å². The van der Waals surface area contributed by atoms with Crippen molar-refractivity contribution in [3.8, 4) is 0 Å². The van der Waals surface area contributed by atoms with Crippen LogP contribution >= 0.6 is 11.3 Å². The third kappa shape index (κ3) is 5.57. The van der Waals surface area contributed by atoms with Crippen molar-refractivity contribution in [3.05, 3.63) is 11.1 Å². The molecule has 0 aromatic carbocycles. The molecule has 0 saturated carbocycles. The van der Waals surface area contributed by atoms with E-state index in [-0.39, 0.29) is 17.9 Å². The number of nitrogens with zero attached hydrogens (tertiary/aromatic N) is 1. The van der Waals surface area contributed by atoms with E-state index in [4.69, 9.17) is 5.11 Å². The fourth-order valence-corrected chi connectivity index (χ4v) is 2.35. The Balaban J connectivity index is 2.31. The van der Waals surface area contributed by atoms with E-state index in [9.17, 15) is 4.79 Å². The zero-order valence-corrected chi connectivity index (χ0v) is 12.6. The Morgan fingerprint density at radius 2 is 2.26 bits per heavy atom. The number of hydrogen-bond acceptors (Lipinski definition) is 5.